The molecule has 1 unspecified atom stereocenters. The third-order valence-corrected chi connectivity index (χ3v) is 10.9. The second-order valence-corrected chi connectivity index (χ2v) is 14.1. The van der Waals surface area contributed by atoms with Crippen molar-refractivity contribution in [2.45, 2.75) is 56.5 Å². The summed E-state index contributed by atoms with van der Waals surface area (Å²) in [6, 6.07) is 8.46. The number of anilines is 1. The van der Waals surface area contributed by atoms with Crippen molar-refractivity contribution in [1.82, 2.24) is 24.6 Å². The number of nitrogens with one attached hydrogen (secondary N) is 1. The highest BCUT2D eigenvalue weighted by atomic mass is 32.7. The lowest BCUT2D eigenvalue weighted by atomic mass is 9.96. The molecule has 14 nitrogen and oxygen atoms in total. The molecule has 0 amide bonds. The van der Waals surface area contributed by atoms with Gasteiger partial charge in [-0.3, -0.25) is 13.9 Å². The molecule has 5 N–H and O–H groups in total. The number of aliphatic hydroxyl groups is 2. The van der Waals surface area contributed by atoms with E-state index in [0.29, 0.717) is 12.2 Å². The predicted molar refractivity (Wildman–Crippen MR) is 145 cm³/mol. The lowest BCUT2D eigenvalue weighted by Crippen LogP contribution is -2.44. The summed E-state index contributed by atoms with van der Waals surface area (Å²) in [5.74, 6) is -0.0791. The van der Waals surface area contributed by atoms with Crippen LogP contribution in [0.25, 0.3) is 11.2 Å². The van der Waals surface area contributed by atoms with Crippen molar-refractivity contribution in [3.8, 4) is 5.88 Å². The van der Waals surface area contributed by atoms with Gasteiger partial charge in [-0.25, -0.2) is 10.1 Å². The molecule has 3 aromatic rings. The summed E-state index contributed by atoms with van der Waals surface area (Å²) in [6.07, 6.45) is -2.35. The van der Waals surface area contributed by atoms with Crippen LogP contribution in [0.5, 0.6) is 5.88 Å². The minimum atomic E-state index is -3.58. The van der Waals surface area contributed by atoms with Crippen molar-refractivity contribution in [1.29, 1.82) is 0 Å². The van der Waals surface area contributed by atoms with E-state index in [0.717, 1.165) is 16.9 Å². The van der Waals surface area contributed by atoms with Gasteiger partial charge in [-0.15, -0.1) is 0 Å². The van der Waals surface area contributed by atoms with Gasteiger partial charge in [0, 0.05) is 5.75 Å². The average molecular weight is 595 g/mol. The predicted octanol–water partition coefficient (Wildman–Crippen LogP) is 1.95. The number of carbonyl (C=O) groups excluding carboxylic acids is 1. The van der Waals surface area contributed by atoms with Crippen molar-refractivity contribution in [2.75, 3.05) is 25.2 Å². The van der Waals surface area contributed by atoms with Gasteiger partial charge in [0.05, 0.1) is 20.0 Å². The van der Waals surface area contributed by atoms with Crippen molar-refractivity contribution < 1.29 is 38.3 Å². The second-order valence-electron chi connectivity index (χ2n) is 9.70. The van der Waals surface area contributed by atoms with E-state index in [1.165, 1.54) is 24.9 Å². The van der Waals surface area contributed by atoms with Crippen LogP contribution in [0.15, 0.2) is 36.7 Å². The number of nitrogens with two attached hydrogens (primary N) is 1. The maximum atomic E-state index is 13.5. The van der Waals surface area contributed by atoms with Crippen LogP contribution in [0, 0.1) is 0 Å². The highest BCUT2D eigenvalue weighted by Crippen LogP contribution is 2.59. The number of carbonyl (C=O) groups is 1. The van der Waals surface area contributed by atoms with Gasteiger partial charge >= 0.3 is 12.7 Å². The van der Waals surface area contributed by atoms with Crippen LogP contribution >= 0.6 is 18.1 Å². The number of imidazole rings is 1. The molecule has 2 aliphatic rings. The maximum Gasteiger partial charge on any atom is 0.327 e. The zero-order valence-electron chi connectivity index (χ0n) is 22.0. The number of fused-ring (bicyclic) bond motifs is 1. The molecule has 2 saturated heterocycles. The Morgan fingerprint density at radius 1 is 1.38 bits per heavy atom. The summed E-state index contributed by atoms with van der Waals surface area (Å²) in [6.45, 7) is -0.748. The third kappa shape index (κ3) is 5.55. The number of hydrogen-bond donors (Lipinski definition) is 4. The van der Waals surface area contributed by atoms with Gasteiger partial charge in [0.2, 0.25) is 11.8 Å². The number of aliphatic hydroxyl groups excluding tert-OH is 1. The fraction of sp³-hybridized carbons (Fsp3) is 0.500. The highest BCUT2D eigenvalue weighted by molar-refractivity contribution is 8.56. The molecule has 0 bridgehead atoms. The maximum absolute atomic E-state index is 13.5. The minimum absolute atomic E-state index is 0.0751. The van der Waals surface area contributed by atoms with Crippen LogP contribution < -0.4 is 15.6 Å². The van der Waals surface area contributed by atoms with Crippen LogP contribution in [0.2, 0.25) is 0 Å². The largest absolute Gasteiger partial charge is 0.479 e. The summed E-state index contributed by atoms with van der Waals surface area (Å²) in [5, 5.41) is 24.9. The highest BCUT2D eigenvalue weighted by Gasteiger charge is 2.54. The lowest BCUT2D eigenvalue weighted by Gasteiger charge is -2.30. The zero-order chi connectivity index (χ0) is 28.7. The number of ether oxygens (including phenoxy) is 3. The quantitative estimate of drug-likeness (QED) is 0.218. The Kier molecular flexibility index (Phi) is 8.08. The SMILES string of the molecule is COc1nc(N)nc2c1ncn2[C@@H]1O[C@H](CO[P@@]2(=O)NC(C(=O)O[C@H](C)c3ccccc3)CCS2)[C@@H](O)[C@@]1(C)O. The Morgan fingerprint density at radius 3 is 2.85 bits per heavy atom. The topological polar surface area (TPSA) is 193 Å². The molecular formula is C24H31N6O8PS. The fourth-order valence-corrected chi connectivity index (χ4v) is 8.46. The molecule has 40 heavy (non-hydrogen) atoms. The van der Waals surface area contributed by atoms with E-state index in [4.69, 9.17) is 24.5 Å². The smallest absolute Gasteiger partial charge is 0.327 e. The molecule has 2 fully saturated rings. The van der Waals surface area contributed by atoms with Crippen LogP contribution in [0.1, 0.15) is 38.2 Å². The van der Waals surface area contributed by atoms with Crippen molar-refractivity contribution in [2.24, 2.45) is 0 Å². The zero-order valence-corrected chi connectivity index (χ0v) is 23.7. The molecule has 7 atom stereocenters. The Hall–Kier alpha value is -2.78. The Balaban J connectivity index is 1.25. The van der Waals surface area contributed by atoms with Gasteiger partial charge in [-0.1, -0.05) is 41.7 Å². The van der Waals surface area contributed by atoms with Crippen molar-refractivity contribution >= 4 is 41.2 Å². The van der Waals surface area contributed by atoms with Gasteiger partial charge in [-0.05, 0) is 25.8 Å². The molecule has 16 heteroatoms. The molecule has 0 spiro atoms. The first-order valence-electron chi connectivity index (χ1n) is 12.5. The Morgan fingerprint density at radius 2 is 2.12 bits per heavy atom. The third-order valence-electron chi connectivity index (χ3n) is 6.84. The molecule has 0 radical (unpaired) electrons. The van der Waals surface area contributed by atoms with Crippen molar-refractivity contribution in [3.05, 3.63) is 42.2 Å². The molecule has 0 saturated carbocycles. The molecule has 1 aromatic carbocycles. The minimum Gasteiger partial charge on any atom is -0.479 e. The fourth-order valence-electron chi connectivity index (χ4n) is 4.65. The molecule has 0 aliphatic carbocycles. The van der Waals surface area contributed by atoms with E-state index in [1.54, 1.807) is 6.92 Å². The van der Waals surface area contributed by atoms with Crippen molar-refractivity contribution in [3.63, 3.8) is 0 Å². The monoisotopic (exact) mass is 594 g/mol. The number of methoxy groups -OCH3 is 1. The number of hydrogen-bond acceptors (Lipinski definition) is 13. The molecule has 5 rings (SSSR count). The first-order chi connectivity index (χ1) is 19.0. The van der Waals surface area contributed by atoms with Gasteiger partial charge in [-0.2, -0.15) is 9.97 Å². The number of esters is 1. The van der Waals surface area contributed by atoms with Crippen LogP contribution in [0.3, 0.4) is 0 Å². The van der Waals surface area contributed by atoms with E-state index in [9.17, 15) is 19.6 Å². The molecule has 2 aliphatic heterocycles. The van der Waals surface area contributed by atoms with E-state index in [1.807, 2.05) is 30.3 Å². The Bertz CT molecular complexity index is 1430. The van der Waals surface area contributed by atoms with E-state index >= 15 is 0 Å². The number of benzene rings is 1. The summed E-state index contributed by atoms with van der Waals surface area (Å²) < 4.78 is 37.4. The number of rotatable bonds is 8. The van der Waals surface area contributed by atoms with E-state index < -0.39 is 48.9 Å². The van der Waals surface area contributed by atoms with E-state index in [-0.39, 0.29) is 29.6 Å². The molecule has 216 valence electrons. The number of aromatic nitrogens is 4. The molecular weight excluding hydrogens is 563 g/mol. The average Bonchev–Trinajstić information content (AvgIpc) is 3.45. The number of nitrogens with zero attached hydrogens (tertiary/aromatic N) is 4. The lowest BCUT2D eigenvalue weighted by molar-refractivity contribution is -0.150. The first-order valence-corrected chi connectivity index (χ1v) is 15.8. The van der Waals surface area contributed by atoms with Gasteiger partial charge in [0.25, 0.3) is 0 Å². The molecule has 2 aromatic heterocycles. The summed E-state index contributed by atoms with van der Waals surface area (Å²) in [5.41, 5.74) is 5.34. The van der Waals surface area contributed by atoms with Gasteiger partial charge in [0.15, 0.2) is 17.4 Å². The van der Waals surface area contributed by atoms with Gasteiger partial charge in [0.1, 0.15) is 30.0 Å². The first kappa shape index (κ1) is 28.7. The van der Waals surface area contributed by atoms with Crippen LogP contribution in [0.4, 0.5) is 5.95 Å². The number of nitrogen functional groups attached to an aromatic ring is 1. The summed E-state index contributed by atoms with van der Waals surface area (Å²) >= 11 is 1.05. The summed E-state index contributed by atoms with van der Waals surface area (Å²) in [4.78, 5) is 25.2. The molecule has 4 heterocycles. The van der Waals surface area contributed by atoms with Gasteiger partial charge < -0.3 is 34.7 Å². The summed E-state index contributed by atoms with van der Waals surface area (Å²) in [7, 11) is 1.41. The van der Waals surface area contributed by atoms with Crippen LogP contribution in [-0.2, 0) is 23.4 Å². The van der Waals surface area contributed by atoms with Crippen LogP contribution in [-0.4, -0.2) is 79.0 Å². The second kappa shape index (κ2) is 11.2. The standard InChI is InChI=1S/C24H31N6O8PS/c1-13(14-7-5-4-6-8-14)37-21(32)15-9-10-40-39(34,29-15)36-11-16-18(31)24(2,33)22(38-16)30-12-26-17-19(30)27-23(25)28-20(17)35-3/h4-8,12-13,15-16,18,22,31,33H,9-11H2,1-3H3,(H,29,34)(H2,25,27,28)/t13-,15?,16-,18-,22-,24-,39+/m1/s1. The normalized spacial score (nSPS) is 31.2. The Labute approximate surface area is 233 Å². The van der Waals surface area contributed by atoms with E-state index in [2.05, 4.69) is 20.0 Å².